The van der Waals surface area contributed by atoms with Crippen molar-refractivity contribution in [2.75, 3.05) is 24.3 Å². The highest BCUT2D eigenvalue weighted by molar-refractivity contribution is 7.13. The predicted molar refractivity (Wildman–Crippen MR) is 117 cm³/mol. The summed E-state index contributed by atoms with van der Waals surface area (Å²) < 4.78 is 10.7. The third kappa shape index (κ3) is 5.45. The van der Waals surface area contributed by atoms with E-state index in [9.17, 15) is 9.59 Å². The van der Waals surface area contributed by atoms with Crippen LogP contribution in [-0.4, -0.2) is 30.5 Å². The number of benzene rings is 2. The first-order valence-corrected chi connectivity index (χ1v) is 10.00. The highest BCUT2D eigenvalue weighted by atomic mass is 32.1. The minimum absolute atomic E-state index is 0.127. The zero-order valence-corrected chi connectivity index (χ0v) is 17.1. The number of methoxy groups -OCH3 is 1. The molecule has 3 rings (SSSR count). The van der Waals surface area contributed by atoms with E-state index >= 15 is 0 Å². The number of nitrogens with zero attached hydrogens (tertiary/aromatic N) is 1. The highest BCUT2D eigenvalue weighted by Gasteiger charge is 2.27. The van der Waals surface area contributed by atoms with Crippen molar-refractivity contribution in [2.45, 2.75) is 6.10 Å². The molecule has 0 fully saturated rings. The second-order valence-electron chi connectivity index (χ2n) is 6.12. The van der Waals surface area contributed by atoms with Crippen LogP contribution in [0.5, 0.6) is 5.75 Å². The Bertz CT molecular complexity index is 1020. The number of amides is 1. The molecule has 8 heteroatoms. The van der Waals surface area contributed by atoms with Gasteiger partial charge in [-0.3, -0.25) is 4.79 Å². The van der Waals surface area contributed by atoms with E-state index < -0.39 is 18.0 Å². The number of hydrogen-bond acceptors (Lipinski definition) is 7. The van der Waals surface area contributed by atoms with Gasteiger partial charge in [0.2, 0.25) is 6.10 Å². The molecule has 1 aromatic heterocycles. The molecule has 1 unspecified atom stereocenters. The van der Waals surface area contributed by atoms with Gasteiger partial charge in [-0.25, -0.2) is 9.78 Å². The molecular weight excluding hydrogens is 402 g/mol. The van der Waals surface area contributed by atoms with Gasteiger partial charge in [0.25, 0.3) is 5.91 Å². The fourth-order valence-electron chi connectivity index (χ4n) is 2.58. The first-order chi connectivity index (χ1) is 14.6. The molecule has 1 heterocycles. The van der Waals surface area contributed by atoms with Crippen LogP contribution < -0.4 is 15.4 Å². The normalized spacial score (nSPS) is 11.2. The summed E-state index contributed by atoms with van der Waals surface area (Å²) >= 11 is 1.27. The van der Waals surface area contributed by atoms with Crippen LogP contribution in [0.4, 0.5) is 10.8 Å². The van der Waals surface area contributed by atoms with Crippen molar-refractivity contribution in [3.8, 4) is 5.75 Å². The Morgan fingerprint density at radius 1 is 1.20 bits per heavy atom. The van der Waals surface area contributed by atoms with Crippen LogP contribution in [0.2, 0.25) is 0 Å². The number of rotatable bonds is 9. The topological polar surface area (TPSA) is 89.5 Å². The Labute approximate surface area is 178 Å². The number of thiazole rings is 1. The molecule has 3 aromatic rings. The maximum Gasteiger partial charge on any atom is 0.359 e. The molecule has 0 aliphatic rings. The lowest BCUT2D eigenvalue weighted by atomic mass is 10.1. The first-order valence-electron chi connectivity index (χ1n) is 9.12. The van der Waals surface area contributed by atoms with Crippen molar-refractivity contribution in [3.05, 3.63) is 83.9 Å². The van der Waals surface area contributed by atoms with E-state index in [2.05, 4.69) is 22.2 Å². The van der Waals surface area contributed by atoms with Gasteiger partial charge in [-0.15, -0.1) is 17.9 Å². The monoisotopic (exact) mass is 423 g/mol. The molecule has 2 aromatic carbocycles. The molecular formula is C22H21N3O4S. The Kier molecular flexibility index (Phi) is 7.18. The maximum absolute atomic E-state index is 13.0. The number of nitrogens with one attached hydrogen (secondary N) is 2. The van der Waals surface area contributed by atoms with E-state index in [1.54, 1.807) is 67.1 Å². The highest BCUT2D eigenvalue weighted by Crippen LogP contribution is 2.24. The molecule has 0 radical (unpaired) electrons. The molecule has 0 aliphatic heterocycles. The number of esters is 1. The van der Waals surface area contributed by atoms with Crippen molar-refractivity contribution in [1.82, 2.24) is 4.98 Å². The van der Waals surface area contributed by atoms with Crippen LogP contribution in [0.15, 0.2) is 72.6 Å². The molecule has 1 atom stereocenters. The van der Waals surface area contributed by atoms with E-state index in [-0.39, 0.29) is 5.69 Å². The average Bonchev–Trinajstić information content (AvgIpc) is 3.25. The van der Waals surface area contributed by atoms with Gasteiger partial charge >= 0.3 is 5.97 Å². The first kappa shape index (κ1) is 21.1. The van der Waals surface area contributed by atoms with E-state index in [0.29, 0.717) is 28.7 Å². The molecule has 30 heavy (non-hydrogen) atoms. The van der Waals surface area contributed by atoms with E-state index in [1.807, 2.05) is 6.07 Å². The third-order valence-electron chi connectivity index (χ3n) is 4.01. The quantitative estimate of drug-likeness (QED) is 0.394. The van der Waals surface area contributed by atoms with Crippen molar-refractivity contribution in [3.63, 3.8) is 0 Å². The lowest BCUT2D eigenvalue weighted by Crippen LogP contribution is -2.26. The molecule has 0 spiro atoms. The van der Waals surface area contributed by atoms with Gasteiger partial charge in [0.05, 0.1) is 7.11 Å². The van der Waals surface area contributed by atoms with Crippen LogP contribution >= 0.6 is 11.3 Å². The van der Waals surface area contributed by atoms with Crippen molar-refractivity contribution >= 4 is 34.0 Å². The summed E-state index contributed by atoms with van der Waals surface area (Å²) in [6.07, 6.45) is 0.546. The van der Waals surface area contributed by atoms with Crippen molar-refractivity contribution < 1.29 is 19.1 Å². The van der Waals surface area contributed by atoms with Gasteiger partial charge in [0.1, 0.15) is 5.75 Å². The zero-order valence-electron chi connectivity index (χ0n) is 16.3. The summed E-state index contributed by atoms with van der Waals surface area (Å²) in [6.45, 7) is 4.15. The molecule has 0 saturated carbocycles. The van der Waals surface area contributed by atoms with E-state index in [0.717, 1.165) is 0 Å². The number of carbonyl (C=O) groups is 2. The standard InChI is InChI=1S/C22H21N3O4S/c1-3-12-23-22-25-18(14-30-22)21(27)29-19(15-8-5-4-6-9-15)20(26)24-16-10-7-11-17(13-16)28-2/h3-11,13-14,19H,1,12H2,2H3,(H,23,25)(H,24,26). The van der Waals surface area contributed by atoms with Gasteiger partial charge in [0, 0.05) is 29.2 Å². The second-order valence-corrected chi connectivity index (χ2v) is 6.98. The SMILES string of the molecule is C=CCNc1nc(C(=O)OC(C(=O)Nc2cccc(OC)c2)c2ccccc2)cs1. The second kappa shape index (κ2) is 10.2. The number of aromatic nitrogens is 1. The summed E-state index contributed by atoms with van der Waals surface area (Å²) in [5.74, 6) is -0.571. The Morgan fingerprint density at radius 3 is 2.73 bits per heavy atom. The Hall–Kier alpha value is -3.65. The van der Waals surface area contributed by atoms with Gasteiger partial charge in [-0.1, -0.05) is 42.5 Å². The molecule has 0 saturated heterocycles. The van der Waals surface area contributed by atoms with Crippen LogP contribution in [0.3, 0.4) is 0 Å². The van der Waals surface area contributed by atoms with Gasteiger partial charge < -0.3 is 20.1 Å². The molecule has 1 amide bonds. The van der Waals surface area contributed by atoms with Crippen LogP contribution in [0.25, 0.3) is 0 Å². The molecule has 154 valence electrons. The van der Waals surface area contributed by atoms with Crippen molar-refractivity contribution in [2.24, 2.45) is 0 Å². The van der Waals surface area contributed by atoms with Gasteiger partial charge in [-0.2, -0.15) is 0 Å². The van der Waals surface area contributed by atoms with Crippen LogP contribution in [0.1, 0.15) is 22.2 Å². The fraction of sp³-hybridized carbons (Fsp3) is 0.136. The summed E-state index contributed by atoms with van der Waals surface area (Å²) in [5, 5.41) is 7.93. The lowest BCUT2D eigenvalue weighted by Gasteiger charge is -2.18. The summed E-state index contributed by atoms with van der Waals surface area (Å²) in [6, 6.07) is 15.7. The summed E-state index contributed by atoms with van der Waals surface area (Å²) in [4.78, 5) is 29.8. The lowest BCUT2D eigenvalue weighted by molar-refractivity contribution is -0.125. The van der Waals surface area contributed by atoms with Crippen molar-refractivity contribution in [1.29, 1.82) is 0 Å². The van der Waals surface area contributed by atoms with Crippen LogP contribution in [0, 0.1) is 0 Å². The number of carbonyl (C=O) groups excluding carboxylic acids is 2. The largest absolute Gasteiger partial charge is 0.497 e. The smallest absolute Gasteiger partial charge is 0.359 e. The number of ether oxygens (including phenoxy) is 2. The minimum atomic E-state index is -1.14. The molecule has 2 N–H and O–H groups in total. The minimum Gasteiger partial charge on any atom is -0.497 e. The molecule has 0 bridgehead atoms. The Balaban J connectivity index is 1.78. The average molecular weight is 423 g/mol. The van der Waals surface area contributed by atoms with E-state index in [4.69, 9.17) is 9.47 Å². The third-order valence-corrected chi connectivity index (χ3v) is 4.81. The maximum atomic E-state index is 13.0. The predicted octanol–water partition coefficient (Wildman–Crippen LogP) is 4.29. The van der Waals surface area contributed by atoms with Crippen LogP contribution in [-0.2, 0) is 9.53 Å². The fourth-order valence-corrected chi connectivity index (χ4v) is 3.27. The summed E-state index contributed by atoms with van der Waals surface area (Å²) in [7, 11) is 1.54. The molecule has 7 nitrogen and oxygen atoms in total. The zero-order chi connectivity index (χ0) is 21.3. The number of anilines is 2. The van der Waals surface area contributed by atoms with Gasteiger partial charge in [-0.05, 0) is 12.1 Å². The van der Waals surface area contributed by atoms with E-state index in [1.165, 1.54) is 11.3 Å². The summed E-state index contributed by atoms with van der Waals surface area (Å²) in [5.41, 5.74) is 1.20. The Morgan fingerprint density at radius 2 is 2.00 bits per heavy atom. The van der Waals surface area contributed by atoms with Gasteiger partial charge in [0.15, 0.2) is 10.8 Å². The molecule has 0 aliphatic carbocycles. The number of hydrogen-bond donors (Lipinski definition) is 2.